The van der Waals surface area contributed by atoms with Crippen molar-refractivity contribution in [3.63, 3.8) is 0 Å². The molecule has 0 spiro atoms. The normalized spacial score (nSPS) is 15.3. The molecule has 1 aliphatic heterocycles. The van der Waals surface area contributed by atoms with Crippen LogP contribution in [0.25, 0.3) is 10.2 Å². The van der Waals surface area contributed by atoms with Crippen LogP contribution in [-0.4, -0.2) is 43.8 Å². The van der Waals surface area contributed by atoms with Crippen molar-refractivity contribution in [2.75, 3.05) is 25.5 Å². The Hall–Kier alpha value is -2.49. The number of anilines is 1. The molecule has 0 radical (unpaired) electrons. The van der Waals surface area contributed by atoms with Gasteiger partial charge in [0.25, 0.3) is 5.91 Å². The molecule has 9 heteroatoms. The van der Waals surface area contributed by atoms with Crippen molar-refractivity contribution < 1.29 is 17.9 Å². The summed E-state index contributed by atoms with van der Waals surface area (Å²) in [6, 6.07) is 11.7. The molecule has 1 aliphatic rings. The van der Waals surface area contributed by atoms with Gasteiger partial charge in [0, 0.05) is 18.7 Å². The number of ether oxygens (including phenoxy) is 1. The van der Waals surface area contributed by atoms with Gasteiger partial charge in [0.1, 0.15) is 5.75 Å². The first-order valence-corrected chi connectivity index (χ1v) is 11.6. The molecule has 2 heterocycles. The van der Waals surface area contributed by atoms with Gasteiger partial charge in [0.15, 0.2) is 5.13 Å². The molecule has 1 saturated heterocycles. The summed E-state index contributed by atoms with van der Waals surface area (Å²) in [5, 5.41) is 3.20. The number of carbonyl (C=O) groups excluding carboxylic acids is 1. The summed E-state index contributed by atoms with van der Waals surface area (Å²) in [7, 11) is -1.94. The lowest BCUT2D eigenvalue weighted by atomic mass is 10.2. The average molecular weight is 432 g/mol. The number of methoxy groups -OCH3 is 1. The van der Waals surface area contributed by atoms with Crippen molar-refractivity contribution in [2.45, 2.75) is 24.2 Å². The molecular formula is C20H21N3O4S2. The van der Waals surface area contributed by atoms with Gasteiger partial charge in [0.2, 0.25) is 10.0 Å². The Kier molecular flexibility index (Phi) is 5.53. The molecule has 7 nitrogen and oxygen atoms in total. The number of amides is 1. The first-order valence-electron chi connectivity index (χ1n) is 9.33. The van der Waals surface area contributed by atoms with Crippen LogP contribution in [0.2, 0.25) is 0 Å². The Morgan fingerprint density at radius 2 is 1.83 bits per heavy atom. The minimum absolute atomic E-state index is 0.267. The largest absolute Gasteiger partial charge is 0.497 e. The molecule has 152 valence electrons. The molecular weight excluding hydrogens is 410 g/mol. The fourth-order valence-corrected chi connectivity index (χ4v) is 5.80. The van der Waals surface area contributed by atoms with Gasteiger partial charge in [0.05, 0.1) is 22.2 Å². The molecule has 1 fully saturated rings. The third kappa shape index (κ3) is 4.12. The summed E-state index contributed by atoms with van der Waals surface area (Å²) in [6.45, 7) is 1.12. The van der Waals surface area contributed by atoms with E-state index in [1.165, 1.54) is 11.3 Å². The molecule has 0 atom stereocenters. The predicted octanol–water partition coefficient (Wildman–Crippen LogP) is 3.73. The number of thiazole rings is 1. The first-order chi connectivity index (χ1) is 14.0. The molecule has 3 aromatic rings. The van der Waals surface area contributed by atoms with Crippen LogP contribution in [0, 0.1) is 0 Å². The SMILES string of the molecule is COc1ccc(C(=O)Nc2nc3ccc(S(=O)(=O)N4CCCCC4)cc3s2)cc1. The van der Waals surface area contributed by atoms with Gasteiger partial charge in [-0.2, -0.15) is 4.31 Å². The number of nitrogens with one attached hydrogen (secondary N) is 1. The second kappa shape index (κ2) is 8.10. The summed E-state index contributed by atoms with van der Waals surface area (Å²) in [5.74, 6) is 0.386. The lowest BCUT2D eigenvalue weighted by Gasteiger charge is -2.25. The van der Waals surface area contributed by atoms with E-state index in [1.54, 1.807) is 53.9 Å². The molecule has 0 bridgehead atoms. The summed E-state index contributed by atoms with van der Waals surface area (Å²) in [6.07, 6.45) is 2.85. The fraction of sp³-hybridized carbons (Fsp3) is 0.300. The standard InChI is InChI=1S/C20H21N3O4S2/c1-27-15-7-5-14(6-8-15)19(24)22-20-21-17-10-9-16(13-18(17)28-20)29(25,26)23-11-3-2-4-12-23/h5-10,13H,2-4,11-12H2,1H3,(H,21,22,24). The lowest BCUT2D eigenvalue weighted by Crippen LogP contribution is -2.35. The summed E-state index contributed by atoms with van der Waals surface area (Å²) < 4.78 is 33.1. The van der Waals surface area contributed by atoms with E-state index in [0.717, 1.165) is 19.3 Å². The monoisotopic (exact) mass is 431 g/mol. The number of carbonyl (C=O) groups is 1. The zero-order valence-corrected chi connectivity index (χ0v) is 17.6. The van der Waals surface area contributed by atoms with Crippen molar-refractivity contribution >= 4 is 42.6 Å². The van der Waals surface area contributed by atoms with Crippen LogP contribution in [0.4, 0.5) is 5.13 Å². The van der Waals surface area contributed by atoms with Gasteiger partial charge >= 0.3 is 0 Å². The molecule has 4 rings (SSSR count). The Labute approximate surface area is 173 Å². The highest BCUT2D eigenvalue weighted by atomic mass is 32.2. The molecule has 2 aromatic carbocycles. The number of sulfonamides is 1. The van der Waals surface area contributed by atoms with Gasteiger partial charge in [-0.1, -0.05) is 17.8 Å². The number of piperidine rings is 1. The Balaban J connectivity index is 1.55. The lowest BCUT2D eigenvalue weighted by molar-refractivity contribution is 0.102. The molecule has 1 amide bonds. The van der Waals surface area contributed by atoms with Crippen LogP contribution in [0.15, 0.2) is 47.4 Å². The van der Waals surface area contributed by atoms with E-state index in [4.69, 9.17) is 4.74 Å². The van der Waals surface area contributed by atoms with E-state index in [-0.39, 0.29) is 10.8 Å². The maximum atomic E-state index is 12.9. The van der Waals surface area contributed by atoms with Crippen LogP contribution < -0.4 is 10.1 Å². The second-order valence-electron chi connectivity index (χ2n) is 6.80. The molecule has 0 saturated carbocycles. The highest BCUT2D eigenvalue weighted by Gasteiger charge is 2.26. The molecule has 1 N–H and O–H groups in total. The van der Waals surface area contributed by atoms with Crippen molar-refractivity contribution in [1.82, 2.24) is 9.29 Å². The quantitative estimate of drug-likeness (QED) is 0.665. The number of hydrogen-bond acceptors (Lipinski definition) is 6. The minimum atomic E-state index is -3.50. The minimum Gasteiger partial charge on any atom is -0.497 e. The topological polar surface area (TPSA) is 88.6 Å². The number of nitrogens with zero attached hydrogens (tertiary/aromatic N) is 2. The Morgan fingerprint density at radius 1 is 1.10 bits per heavy atom. The average Bonchev–Trinajstić information content (AvgIpc) is 3.15. The first kappa shape index (κ1) is 19.8. The van der Waals surface area contributed by atoms with Crippen molar-refractivity contribution in [1.29, 1.82) is 0 Å². The maximum absolute atomic E-state index is 12.9. The van der Waals surface area contributed by atoms with E-state index < -0.39 is 10.0 Å². The highest BCUT2D eigenvalue weighted by molar-refractivity contribution is 7.89. The third-order valence-electron chi connectivity index (χ3n) is 4.89. The van der Waals surface area contributed by atoms with Crippen LogP contribution in [0.5, 0.6) is 5.75 Å². The molecule has 29 heavy (non-hydrogen) atoms. The van der Waals surface area contributed by atoms with Gasteiger partial charge in [-0.15, -0.1) is 0 Å². The summed E-state index contributed by atoms with van der Waals surface area (Å²) in [5.41, 5.74) is 1.14. The van der Waals surface area contributed by atoms with E-state index in [9.17, 15) is 13.2 Å². The van der Waals surface area contributed by atoms with Gasteiger partial charge in [-0.3, -0.25) is 10.1 Å². The van der Waals surface area contributed by atoms with Gasteiger partial charge in [-0.05, 0) is 55.3 Å². The zero-order valence-electron chi connectivity index (χ0n) is 15.9. The van der Waals surface area contributed by atoms with Crippen LogP contribution in [0.3, 0.4) is 0 Å². The van der Waals surface area contributed by atoms with E-state index >= 15 is 0 Å². The van der Waals surface area contributed by atoms with Crippen LogP contribution in [-0.2, 0) is 10.0 Å². The Morgan fingerprint density at radius 3 is 2.52 bits per heavy atom. The molecule has 0 unspecified atom stereocenters. The van der Waals surface area contributed by atoms with Crippen molar-refractivity contribution in [2.24, 2.45) is 0 Å². The summed E-state index contributed by atoms with van der Waals surface area (Å²) >= 11 is 1.25. The number of benzene rings is 2. The number of aromatic nitrogens is 1. The maximum Gasteiger partial charge on any atom is 0.257 e. The van der Waals surface area contributed by atoms with Crippen molar-refractivity contribution in [3.05, 3.63) is 48.0 Å². The summed E-state index contributed by atoms with van der Waals surface area (Å²) in [4.78, 5) is 17.1. The number of fused-ring (bicyclic) bond motifs is 1. The second-order valence-corrected chi connectivity index (χ2v) is 9.76. The van der Waals surface area contributed by atoms with Crippen LogP contribution >= 0.6 is 11.3 Å². The smallest absolute Gasteiger partial charge is 0.257 e. The van der Waals surface area contributed by atoms with E-state index in [2.05, 4.69) is 10.3 Å². The van der Waals surface area contributed by atoms with E-state index in [1.807, 2.05) is 0 Å². The molecule has 1 aromatic heterocycles. The zero-order chi connectivity index (χ0) is 20.4. The van der Waals surface area contributed by atoms with Crippen LogP contribution in [0.1, 0.15) is 29.6 Å². The van der Waals surface area contributed by atoms with Gasteiger partial charge < -0.3 is 4.74 Å². The van der Waals surface area contributed by atoms with Crippen molar-refractivity contribution in [3.8, 4) is 5.75 Å². The fourth-order valence-electron chi connectivity index (χ4n) is 3.28. The molecule has 0 aliphatic carbocycles. The Bertz CT molecular complexity index is 1130. The number of rotatable bonds is 5. The van der Waals surface area contributed by atoms with Gasteiger partial charge in [-0.25, -0.2) is 13.4 Å². The number of hydrogen-bond donors (Lipinski definition) is 1. The predicted molar refractivity (Wildman–Crippen MR) is 113 cm³/mol. The van der Waals surface area contributed by atoms with E-state index in [0.29, 0.717) is 39.8 Å². The third-order valence-corrected chi connectivity index (χ3v) is 7.71. The highest BCUT2D eigenvalue weighted by Crippen LogP contribution is 2.30.